The van der Waals surface area contributed by atoms with E-state index in [1.54, 1.807) is 30.3 Å². The molecule has 0 saturated carbocycles. The van der Waals surface area contributed by atoms with E-state index < -0.39 is 11.9 Å². The molecule has 0 bridgehead atoms. The zero-order valence-electron chi connectivity index (χ0n) is 19.0. The molecule has 36 heavy (non-hydrogen) atoms. The van der Waals surface area contributed by atoms with Gasteiger partial charge in [0.25, 0.3) is 5.91 Å². The molecular formula is C27H20BrN3O4S. The Bertz CT molecular complexity index is 1450. The number of halogens is 1. The van der Waals surface area contributed by atoms with Crippen molar-refractivity contribution in [3.05, 3.63) is 85.2 Å². The lowest BCUT2D eigenvalue weighted by molar-refractivity contribution is -0.112. The molecule has 0 atom stereocenters. The third-order valence-corrected chi connectivity index (χ3v) is 7.56. The highest BCUT2D eigenvalue weighted by Gasteiger charge is 2.22. The standard InChI is InChI=1S/C27H20BrN3O4S/c28-22-12-17(7-10-23(22)35-15-16-5-8-18(9-6-16)27(33)34)11-19(13-29)25(32)31-26-21(14-30)20-3-1-2-4-24(20)36-26/h5-12H,1-4,15H2,(H,31,32)(H,33,34)/b19-11+. The summed E-state index contributed by atoms with van der Waals surface area (Å²) in [5.41, 5.74) is 3.08. The molecule has 0 spiro atoms. The highest BCUT2D eigenvalue weighted by Crippen LogP contribution is 2.38. The number of ether oxygens (including phenoxy) is 1. The first-order chi connectivity index (χ1) is 17.4. The minimum Gasteiger partial charge on any atom is -0.488 e. The molecule has 0 unspecified atom stereocenters. The summed E-state index contributed by atoms with van der Waals surface area (Å²) in [7, 11) is 0. The van der Waals surface area contributed by atoms with Gasteiger partial charge in [-0.3, -0.25) is 4.79 Å². The first-order valence-corrected chi connectivity index (χ1v) is 12.7. The number of benzene rings is 2. The maximum Gasteiger partial charge on any atom is 0.335 e. The normalized spacial score (nSPS) is 12.7. The quantitative estimate of drug-likeness (QED) is 0.266. The van der Waals surface area contributed by atoms with E-state index in [1.165, 1.54) is 29.5 Å². The Hall–Kier alpha value is -3.92. The lowest BCUT2D eigenvalue weighted by atomic mass is 9.96. The van der Waals surface area contributed by atoms with Gasteiger partial charge in [-0.05, 0) is 88.6 Å². The Morgan fingerprint density at radius 2 is 1.89 bits per heavy atom. The summed E-state index contributed by atoms with van der Waals surface area (Å²) in [6.07, 6.45) is 5.32. The van der Waals surface area contributed by atoms with Gasteiger partial charge in [0.05, 0.1) is 15.6 Å². The lowest BCUT2D eigenvalue weighted by Gasteiger charge is -2.10. The molecule has 1 aliphatic carbocycles. The number of hydrogen-bond acceptors (Lipinski definition) is 6. The minimum atomic E-state index is -0.987. The number of fused-ring (bicyclic) bond motifs is 1. The minimum absolute atomic E-state index is 0.0793. The second-order valence-corrected chi connectivity index (χ2v) is 10.1. The number of nitrogens with zero attached hydrogens (tertiary/aromatic N) is 2. The van der Waals surface area contributed by atoms with Gasteiger partial charge in [0.1, 0.15) is 35.1 Å². The number of anilines is 1. The van der Waals surface area contributed by atoms with E-state index in [-0.39, 0.29) is 17.7 Å². The van der Waals surface area contributed by atoms with E-state index in [0.29, 0.717) is 26.4 Å². The van der Waals surface area contributed by atoms with Crippen molar-refractivity contribution >= 4 is 50.2 Å². The van der Waals surface area contributed by atoms with Gasteiger partial charge in [-0.15, -0.1) is 11.3 Å². The summed E-state index contributed by atoms with van der Waals surface area (Å²) < 4.78 is 6.45. The van der Waals surface area contributed by atoms with Gasteiger partial charge in [-0.25, -0.2) is 4.79 Å². The zero-order chi connectivity index (χ0) is 25.7. The van der Waals surface area contributed by atoms with Crippen LogP contribution in [0, 0.1) is 22.7 Å². The largest absolute Gasteiger partial charge is 0.488 e. The zero-order valence-corrected chi connectivity index (χ0v) is 21.4. The maximum absolute atomic E-state index is 12.8. The van der Waals surface area contributed by atoms with Crippen molar-refractivity contribution in [2.45, 2.75) is 32.3 Å². The molecule has 1 amide bonds. The molecule has 7 nitrogen and oxygen atoms in total. The summed E-state index contributed by atoms with van der Waals surface area (Å²) in [6.45, 7) is 0.242. The van der Waals surface area contributed by atoms with E-state index >= 15 is 0 Å². The summed E-state index contributed by atoms with van der Waals surface area (Å²) >= 11 is 4.87. The Kier molecular flexibility index (Phi) is 7.84. The van der Waals surface area contributed by atoms with Crippen LogP contribution in [0.4, 0.5) is 5.00 Å². The van der Waals surface area contributed by atoms with E-state index in [0.717, 1.165) is 41.7 Å². The van der Waals surface area contributed by atoms with Crippen LogP contribution >= 0.6 is 27.3 Å². The molecule has 0 radical (unpaired) electrons. The number of carbonyl (C=O) groups excluding carboxylic acids is 1. The number of nitrogens with one attached hydrogen (secondary N) is 1. The van der Waals surface area contributed by atoms with E-state index in [9.17, 15) is 20.1 Å². The molecule has 0 saturated heterocycles. The first kappa shape index (κ1) is 25.2. The second kappa shape index (κ2) is 11.2. The first-order valence-electron chi connectivity index (χ1n) is 11.1. The van der Waals surface area contributed by atoms with Crippen molar-refractivity contribution in [1.29, 1.82) is 10.5 Å². The van der Waals surface area contributed by atoms with Crippen LogP contribution in [0.2, 0.25) is 0 Å². The summed E-state index contributed by atoms with van der Waals surface area (Å²) in [5.74, 6) is -0.992. The van der Waals surface area contributed by atoms with Crippen LogP contribution in [-0.4, -0.2) is 17.0 Å². The maximum atomic E-state index is 12.8. The number of carboxylic acids is 1. The predicted molar refractivity (Wildman–Crippen MR) is 140 cm³/mol. The van der Waals surface area contributed by atoms with E-state index in [4.69, 9.17) is 9.84 Å². The van der Waals surface area contributed by atoms with Crippen molar-refractivity contribution in [2.24, 2.45) is 0 Å². The SMILES string of the molecule is N#C/C(=C\c1ccc(OCc2ccc(C(=O)O)cc2)c(Br)c1)C(=O)Nc1sc2c(c1C#N)CCCC2. The van der Waals surface area contributed by atoms with Gasteiger partial charge >= 0.3 is 5.97 Å². The molecule has 4 rings (SSSR count). The average molecular weight is 562 g/mol. The Morgan fingerprint density at radius 3 is 2.56 bits per heavy atom. The number of carbonyl (C=O) groups is 2. The molecule has 3 aromatic rings. The molecule has 9 heteroatoms. The van der Waals surface area contributed by atoms with Crippen LogP contribution in [0.5, 0.6) is 5.75 Å². The third-order valence-electron chi connectivity index (χ3n) is 5.74. The number of aryl methyl sites for hydroxylation is 1. The van der Waals surface area contributed by atoms with Gasteiger partial charge in [0.2, 0.25) is 0 Å². The Labute approximate surface area is 220 Å². The van der Waals surface area contributed by atoms with Crippen LogP contribution in [0.25, 0.3) is 6.08 Å². The molecule has 1 aromatic heterocycles. The van der Waals surface area contributed by atoms with Crippen molar-refractivity contribution in [3.8, 4) is 17.9 Å². The predicted octanol–water partition coefficient (Wildman–Crippen LogP) is 6.08. The number of amides is 1. The molecule has 2 N–H and O–H groups in total. The summed E-state index contributed by atoms with van der Waals surface area (Å²) in [4.78, 5) is 24.9. The fraction of sp³-hybridized carbons (Fsp3) is 0.185. The smallest absolute Gasteiger partial charge is 0.335 e. The third kappa shape index (κ3) is 5.65. The molecule has 0 fully saturated rings. The molecule has 2 aromatic carbocycles. The number of rotatable bonds is 7. The fourth-order valence-electron chi connectivity index (χ4n) is 3.89. The monoisotopic (exact) mass is 561 g/mol. The van der Waals surface area contributed by atoms with Gasteiger partial charge in [0.15, 0.2) is 0 Å². The van der Waals surface area contributed by atoms with Crippen LogP contribution in [0.3, 0.4) is 0 Å². The molecular weight excluding hydrogens is 542 g/mol. The highest BCUT2D eigenvalue weighted by atomic mass is 79.9. The Morgan fingerprint density at radius 1 is 1.14 bits per heavy atom. The van der Waals surface area contributed by atoms with Crippen molar-refractivity contribution in [2.75, 3.05) is 5.32 Å². The molecule has 1 heterocycles. The number of nitriles is 2. The summed E-state index contributed by atoms with van der Waals surface area (Å²) in [6, 6.07) is 15.7. The number of thiophene rings is 1. The fourth-order valence-corrected chi connectivity index (χ4v) is 5.63. The Balaban J connectivity index is 1.45. The van der Waals surface area contributed by atoms with E-state index in [2.05, 4.69) is 27.3 Å². The van der Waals surface area contributed by atoms with Gasteiger partial charge in [-0.1, -0.05) is 18.2 Å². The van der Waals surface area contributed by atoms with Crippen molar-refractivity contribution in [1.82, 2.24) is 0 Å². The van der Waals surface area contributed by atoms with Crippen molar-refractivity contribution < 1.29 is 19.4 Å². The van der Waals surface area contributed by atoms with E-state index in [1.807, 2.05) is 6.07 Å². The van der Waals surface area contributed by atoms with Crippen LogP contribution in [0.1, 0.15) is 50.3 Å². The number of carboxylic acid groups (broad SMARTS) is 1. The van der Waals surface area contributed by atoms with Crippen LogP contribution < -0.4 is 10.1 Å². The van der Waals surface area contributed by atoms with Crippen molar-refractivity contribution in [3.63, 3.8) is 0 Å². The van der Waals surface area contributed by atoms with Gasteiger partial charge < -0.3 is 15.2 Å². The highest BCUT2D eigenvalue weighted by molar-refractivity contribution is 9.10. The van der Waals surface area contributed by atoms with Gasteiger partial charge in [-0.2, -0.15) is 10.5 Å². The molecule has 0 aliphatic heterocycles. The number of hydrogen-bond donors (Lipinski definition) is 2. The molecule has 1 aliphatic rings. The van der Waals surface area contributed by atoms with Crippen LogP contribution in [-0.2, 0) is 24.2 Å². The second-order valence-electron chi connectivity index (χ2n) is 8.13. The summed E-state index contributed by atoms with van der Waals surface area (Å²) in [5, 5.41) is 31.4. The lowest BCUT2D eigenvalue weighted by Crippen LogP contribution is -2.13. The number of aromatic carboxylic acids is 1. The molecule has 180 valence electrons. The van der Waals surface area contributed by atoms with Gasteiger partial charge in [0, 0.05) is 4.88 Å². The topological polar surface area (TPSA) is 123 Å². The average Bonchev–Trinajstić information content (AvgIpc) is 3.23. The van der Waals surface area contributed by atoms with Crippen LogP contribution in [0.15, 0.2) is 52.5 Å².